The van der Waals surface area contributed by atoms with Crippen molar-refractivity contribution < 1.29 is 0 Å². The molecule has 0 N–H and O–H groups in total. The van der Waals surface area contributed by atoms with Crippen LogP contribution in [-0.2, 0) is 6.42 Å². The molecule has 4 rings (SSSR count). The van der Waals surface area contributed by atoms with Crippen molar-refractivity contribution in [3.8, 4) is 0 Å². The van der Waals surface area contributed by atoms with Crippen molar-refractivity contribution in [2.75, 3.05) is 0 Å². The summed E-state index contributed by atoms with van der Waals surface area (Å²) in [6.45, 7) is 2.33. The van der Waals surface area contributed by atoms with Crippen molar-refractivity contribution in [2.24, 2.45) is 0 Å². The van der Waals surface area contributed by atoms with E-state index in [1.165, 1.54) is 33.0 Å². The van der Waals surface area contributed by atoms with Crippen molar-refractivity contribution in [3.05, 3.63) is 119 Å². The second kappa shape index (κ2) is 6.94. The Morgan fingerprint density at radius 1 is 0.640 bits per heavy atom. The second-order valence-electron chi connectivity index (χ2n) is 6.65. The van der Waals surface area contributed by atoms with E-state index < -0.39 is 0 Å². The second-order valence-corrected chi connectivity index (χ2v) is 6.65. The molecule has 0 radical (unpaired) electrons. The number of hydrogen-bond acceptors (Lipinski definition) is 0. The SMILES string of the molecule is CC(c1ccccc1)c1c(Cc2ccccc2)ccc2ccccc12. The van der Waals surface area contributed by atoms with E-state index in [2.05, 4.69) is 104 Å². The molecule has 0 saturated heterocycles. The van der Waals surface area contributed by atoms with Crippen LogP contribution in [0.3, 0.4) is 0 Å². The van der Waals surface area contributed by atoms with Crippen molar-refractivity contribution in [2.45, 2.75) is 19.3 Å². The van der Waals surface area contributed by atoms with E-state index in [1.54, 1.807) is 0 Å². The largest absolute Gasteiger partial charge is 0.0622 e. The molecule has 0 aromatic heterocycles. The fourth-order valence-electron chi connectivity index (χ4n) is 3.73. The third kappa shape index (κ3) is 3.21. The summed E-state index contributed by atoms with van der Waals surface area (Å²) in [5.74, 6) is 0.367. The van der Waals surface area contributed by atoms with Gasteiger partial charge in [-0.3, -0.25) is 0 Å². The molecule has 0 heterocycles. The first-order valence-electron chi connectivity index (χ1n) is 8.92. The molecule has 0 fully saturated rings. The lowest BCUT2D eigenvalue weighted by Crippen LogP contribution is -2.03. The quantitative estimate of drug-likeness (QED) is 0.398. The van der Waals surface area contributed by atoms with E-state index in [4.69, 9.17) is 0 Å². The normalized spacial score (nSPS) is 12.2. The van der Waals surface area contributed by atoms with Crippen molar-refractivity contribution >= 4 is 10.8 Å². The topological polar surface area (TPSA) is 0 Å². The Labute approximate surface area is 149 Å². The van der Waals surface area contributed by atoms with Gasteiger partial charge in [-0.05, 0) is 39.4 Å². The van der Waals surface area contributed by atoms with Gasteiger partial charge < -0.3 is 0 Å². The van der Waals surface area contributed by atoms with Crippen LogP contribution in [0.5, 0.6) is 0 Å². The standard InChI is InChI=1S/C25H22/c1-19(21-12-6-3-7-13-21)25-23(18-20-10-4-2-5-11-20)17-16-22-14-8-9-15-24(22)25/h2-17,19H,18H2,1H3. The lowest BCUT2D eigenvalue weighted by molar-refractivity contribution is 0.910. The van der Waals surface area contributed by atoms with Crippen molar-refractivity contribution in [3.63, 3.8) is 0 Å². The van der Waals surface area contributed by atoms with Gasteiger partial charge in [-0.1, -0.05) is 104 Å². The summed E-state index contributed by atoms with van der Waals surface area (Å²) in [5, 5.41) is 2.68. The van der Waals surface area contributed by atoms with Gasteiger partial charge in [-0.2, -0.15) is 0 Å². The fourth-order valence-corrected chi connectivity index (χ4v) is 3.73. The average molecular weight is 322 g/mol. The molecule has 1 unspecified atom stereocenters. The first kappa shape index (κ1) is 15.7. The van der Waals surface area contributed by atoms with E-state index in [0.717, 1.165) is 6.42 Å². The number of hydrogen-bond donors (Lipinski definition) is 0. The fraction of sp³-hybridized carbons (Fsp3) is 0.120. The van der Waals surface area contributed by atoms with Crippen LogP contribution in [0.25, 0.3) is 10.8 Å². The highest BCUT2D eigenvalue weighted by Gasteiger charge is 2.16. The minimum absolute atomic E-state index is 0.367. The Morgan fingerprint density at radius 2 is 1.28 bits per heavy atom. The molecule has 0 amide bonds. The first-order chi connectivity index (χ1) is 12.3. The lowest BCUT2D eigenvalue weighted by atomic mass is 9.84. The Kier molecular flexibility index (Phi) is 4.35. The molecule has 0 aliphatic heterocycles. The molecule has 0 bridgehead atoms. The number of benzene rings is 4. The Bertz CT molecular complexity index is 968. The molecule has 0 nitrogen and oxygen atoms in total. The van der Waals surface area contributed by atoms with Crippen LogP contribution in [0, 0.1) is 0 Å². The van der Waals surface area contributed by atoms with Crippen LogP contribution in [-0.4, -0.2) is 0 Å². The summed E-state index contributed by atoms with van der Waals surface area (Å²) >= 11 is 0. The van der Waals surface area contributed by atoms with Gasteiger partial charge in [0.05, 0.1) is 0 Å². The van der Waals surface area contributed by atoms with E-state index in [0.29, 0.717) is 5.92 Å². The average Bonchev–Trinajstić information content (AvgIpc) is 2.69. The minimum atomic E-state index is 0.367. The van der Waals surface area contributed by atoms with E-state index >= 15 is 0 Å². The predicted octanol–water partition coefficient (Wildman–Crippen LogP) is 6.58. The highest BCUT2D eigenvalue weighted by Crippen LogP contribution is 2.34. The van der Waals surface area contributed by atoms with Crippen LogP contribution < -0.4 is 0 Å². The smallest absolute Gasteiger partial charge is 0.00700 e. The maximum atomic E-state index is 2.33. The van der Waals surface area contributed by atoms with Gasteiger partial charge in [0.15, 0.2) is 0 Å². The molecule has 0 aliphatic rings. The molecule has 1 atom stereocenters. The molecule has 0 aliphatic carbocycles. The van der Waals surface area contributed by atoms with Gasteiger partial charge in [0, 0.05) is 5.92 Å². The summed E-state index contributed by atoms with van der Waals surface area (Å²) in [4.78, 5) is 0. The number of fused-ring (bicyclic) bond motifs is 1. The third-order valence-electron chi connectivity index (χ3n) is 5.03. The zero-order chi connectivity index (χ0) is 17.1. The maximum absolute atomic E-state index is 2.33. The van der Waals surface area contributed by atoms with Crippen LogP contribution in [0.15, 0.2) is 97.1 Å². The molecular weight excluding hydrogens is 300 g/mol. The van der Waals surface area contributed by atoms with Gasteiger partial charge in [0.25, 0.3) is 0 Å². The van der Waals surface area contributed by atoms with E-state index in [1.807, 2.05) is 0 Å². The molecule has 25 heavy (non-hydrogen) atoms. The lowest BCUT2D eigenvalue weighted by Gasteiger charge is -2.20. The predicted molar refractivity (Wildman–Crippen MR) is 107 cm³/mol. The molecule has 0 heteroatoms. The molecule has 4 aromatic carbocycles. The number of rotatable bonds is 4. The van der Waals surface area contributed by atoms with Crippen molar-refractivity contribution in [1.29, 1.82) is 0 Å². The molecule has 4 aromatic rings. The van der Waals surface area contributed by atoms with Gasteiger partial charge >= 0.3 is 0 Å². The summed E-state index contributed by atoms with van der Waals surface area (Å²) in [6, 6.07) is 34.9. The van der Waals surface area contributed by atoms with Gasteiger partial charge in [-0.15, -0.1) is 0 Å². The van der Waals surface area contributed by atoms with Crippen LogP contribution in [0.2, 0.25) is 0 Å². The van der Waals surface area contributed by atoms with Gasteiger partial charge in [-0.25, -0.2) is 0 Å². The monoisotopic (exact) mass is 322 g/mol. The zero-order valence-corrected chi connectivity index (χ0v) is 14.5. The van der Waals surface area contributed by atoms with E-state index in [9.17, 15) is 0 Å². The van der Waals surface area contributed by atoms with Gasteiger partial charge in [0.2, 0.25) is 0 Å². The summed E-state index contributed by atoms with van der Waals surface area (Å²) in [7, 11) is 0. The Balaban J connectivity index is 1.88. The van der Waals surface area contributed by atoms with Crippen LogP contribution in [0.1, 0.15) is 35.1 Å². The first-order valence-corrected chi connectivity index (χ1v) is 8.92. The summed E-state index contributed by atoms with van der Waals surface area (Å²) < 4.78 is 0. The maximum Gasteiger partial charge on any atom is 0.00700 e. The van der Waals surface area contributed by atoms with Crippen LogP contribution >= 0.6 is 0 Å². The Hall–Kier alpha value is -2.86. The van der Waals surface area contributed by atoms with Crippen LogP contribution in [0.4, 0.5) is 0 Å². The molecule has 0 saturated carbocycles. The molecule has 0 spiro atoms. The Morgan fingerprint density at radius 3 is 2.04 bits per heavy atom. The summed E-state index contributed by atoms with van der Waals surface area (Å²) in [6.07, 6.45) is 0.970. The summed E-state index contributed by atoms with van der Waals surface area (Å²) in [5.41, 5.74) is 5.60. The highest BCUT2D eigenvalue weighted by atomic mass is 14.2. The third-order valence-corrected chi connectivity index (χ3v) is 5.03. The zero-order valence-electron chi connectivity index (χ0n) is 14.5. The molecule has 122 valence electrons. The minimum Gasteiger partial charge on any atom is -0.0622 e. The van der Waals surface area contributed by atoms with E-state index in [-0.39, 0.29) is 0 Å². The molecular formula is C25H22. The van der Waals surface area contributed by atoms with Gasteiger partial charge in [0.1, 0.15) is 0 Å². The van der Waals surface area contributed by atoms with Crippen molar-refractivity contribution in [1.82, 2.24) is 0 Å². The highest BCUT2D eigenvalue weighted by molar-refractivity contribution is 5.87.